The standard InChI is InChI=1S/C10H18O2/c1-5-9(3,11)7-8-10(4,12)6-2/h11-12H,5-6H2,1-4H3/t9-,10+. The minimum Gasteiger partial charge on any atom is -0.378 e. The Morgan fingerprint density at radius 1 is 0.917 bits per heavy atom. The second kappa shape index (κ2) is 3.93. The Morgan fingerprint density at radius 3 is 1.33 bits per heavy atom. The van der Waals surface area contributed by atoms with E-state index in [-0.39, 0.29) is 0 Å². The summed E-state index contributed by atoms with van der Waals surface area (Å²) in [6.45, 7) is 7.00. The summed E-state index contributed by atoms with van der Waals surface area (Å²) in [6, 6.07) is 0. The molecule has 2 heteroatoms. The predicted molar refractivity (Wildman–Crippen MR) is 49.6 cm³/mol. The molecule has 2 nitrogen and oxygen atoms in total. The first-order valence-corrected chi connectivity index (χ1v) is 4.32. The Kier molecular flexibility index (Phi) is 3.76. The Labute approximate surface area is 74.6 Å². The van der Waals surface area contributed by atoms with Crippen molar-refractivity contribution in [3.63, 3.8) is 0 Å². The van der Waals surface area contributed by atoms with Gasteiger partial charge in [-0.25, -0.2) is 0 Å². The van der Waals surface area contributed by atoms with Crippen LogP contribution in [0.1, 0.15) is 40.5 Å². The fraction of sp³-hybridized carbons (Fsp3) is 0.800. The minimum absolute atomic E-state index is 0.569. The molecule has 0 bridgehead atoms. The first kappa shape index (κ1) is 11.5. The summed E-state index contributed by atoms with van der Waals surface area (Å²) in [4.78, 5) is 0. The maximum Gasteiger partial charge on any atom is 0.122 e. The molecule has 12 heavy (non-hydrogen) atoms. The molecule has 0 radical (unpaired) electrons. The maximum absolute atomic E-state index is 9.50. The van der Waals surface area contributed by atoms with E-state index in [9.17, 15) is 10.2 Å². The van der Waals surface area contributed by atoms with Gasteiger partial charge in [0.25, 0.3) is 0 Å². The fourth-order valence-corrected chi connectivity index (χ4v) is 0.446. The Balaban J connectivity index is 4.39. The fourth-order valence-electron chi connectivity index (χ4n) is 0.446. The van der Waals surface area contributed by atoms with Gasteiger partial charge in [-0.05, 0) is 26.7 Å². The lowest BCUT2D eigenvalue weighted by molar-refractivity contribution is 0.106. The largest absolute Gasteiger partial charge is 0.378 e. The molecule has 0 aliphatic rings. The summed E-state index contributed by atoms with van der Waals surface area (Å²) in [5.74, 6) is 5.31. The second-order valence-corrected chi connectivity index (χ2v) is 3.50. The van der Waals surface area contributed by atoms with Gasteiger partial charge in [0.05, 0.1) is 0 Å². The van der Waals surface area contributed by atoms with Gasteiger partial charge in [0.2, 0.25) is 0 Å². The van der Waals surface area contributed by atoms with Crippen LogP contribution in [0, 0.1) is 11.8 Å². The van der Waals surface area contributed by atoms with E-state index in [1.54, 1.807) is 13.8 Å². The normalized spacial score (nSPS) is 20.2. The highest BCUT2D eigenvalue weighted by Gasteiger charge is 2.17. The minimum atomic E-state index is -0.973. The molecule has 0 fully saturated rings. The highest BCUT2D eigenvalue weighted by Crippen LogP contribution is 2.10. The third-order valence-corrected chi connectivity index (χ3v) is 1.98. The van der Waals surface area contributed by atoms with E-state index in [1.165, 1.54) is 0 Å². The lowest BCUT2D eigenvalue weighted by Gasteiger charge is -2.16. The maximum atomic E-state index is 9.50. The average Bonchev–Trinajstić information content (AvgIpc) is 2.02. The van der Waals surface area contributed by atoms with Crippen molar-refractivity contribution in [1.82, 2.24) is 0 Å². The molecule has 0 aromatic heterocycles. The van der Waals surface area contributed by atoms with Gasteiger partial charge >= 0.3 is 0 Å². The number of hydrogen-bond donors (Lipinski definition) is 2. The van der Waals surface area contributed by atoms with Crippen LogP contribution in [-0.4, -0.2) is 21.4 Å². The lowest BCUT2D eigenvalue weighted by Crippen LogP contribution is -2.24. The van der Waals surface area contributed by atoms with Crippen LogP contribution in [0.15, 0.2) is 0 Å². The molecule has 0 aromatic carbocycles. The van der Waals surface area contributed by atoms with Crippen LogP contribution < -0.4 is 0 Å². The molecular weight excluding hydrogens is 152 g/mol. The lowest BCUT2D eigenvalue weighted by atomic mass is 10.00. The van der Waals surface area contributed by atoms with E-state index >= 15 is 0 Å². The quantitative estimate of drug-likeness (QED) is 0.613. The van der Waals surface area contributed by atoms with Crippen LogP contribution in [0.25, 0.3) is 0 Å². The van der Waals surface area contributed by atoms with E-state index in [4.69, 9.17) is 0 Å². The van der Waals surface area contributed by atoms with Gasteiger partial charge in [0.15, 0.2) is 0 Å². The molecule has 0 aliphatic carbocycles. The van der Waals surface area contributed by atoms with Crippen molar-refractivity contribution in [2.24, 2.45) is 0 Å². The summed E-state index contributed by atoms with van der Waals surface area (Å²) in [5, 5.41) is 19.0. The van der Waals surface area contributed by atoms with Gasteiger partial charge in [0.1, 0.15) is 11.2 Å². The molecule has 0 unspecified atom stereocenters. The molecule has 0 aliphatic heterocycles. The predicted octanol–water partition coefficient (Wildman–Crippen LogP) is 1.31. The summed E-state index contributed by atoms with van der Waals surface area (Å²) < 4.78 is 0. The van der Waals surface area contributed by atoms with Gasteiger partial charge in [-0.3, -0.25) is 0 Å². The SMILES string of the molecule is CC[C@@](C)(O)C#C[C@@](C)(O)CC. The first-order valence-electron chi connectivity index (χ1n) is 4.32. The highest BCUT2D eigenvalue weighted by atomic mass is 16.3. The smallest absolute Gasteiger partial charge is 0.122 e. The van der Waals surface area contributed by atoms with Crippen molar-refractivity contribution >= 4 is 0 Å². The van der Waals surface area contributed by atoms with Gasteiger partial charge < -0.3 is 10.2 Å². The van der Waals surface area contributed by atoms with Gasteiger partial charge in [-0.1, -0.05) is 25.7 Å². The third-order valence-electron chi connectivity index (χ3n) is 1.98. The van der Waals surface area contributed by atoms with Crippen molar-refractivity contribution in [3.8, 4) is 11.8 Å². The average molecular weight is 170 g/mol. The Morgan fingerprint density at radius 2 is 1.17 bits per heavy atom. The van der Waals surface area contributed by atoms with Crippen LogP contribution >= 0.6 is 0 Å². The van der Waals surface area contributed by atoms with Crippen molar-refractivity contribution in [3.05, 3.63) is 0 Å². The van der Waals surface area contributed by atoms with Crippen LogP contribution in [-0.2, 0) is 0 Å². The van der Waals surface area contributed by atoms with Crippen molar-refractivity contribution in [2.45, 2.75) is 51.7 Å². The highest BCUT2D eigenvalue weighted by molar-refractivity contribution is 5.18. The molecule has 0 amide bonds. The molecule has 0 saturated carbocycles. The molecule has 70 valence electrons. The molecule has 2 N–H and O–H groups in total. The number of hydrogen-bond acceptors (Lipinski definition) is 2. The topological polar surface area (TPSA) is 40.5 Å². The Bertz CT molecular complexity index is 174. The van der Waals surface area contributed by atoms with Crippen molar-refractivity contribution < 1.29 is 10.2 Å². The van der Waals surface area contributed by atoms with E-state index in [0.717, 1.165) is 0 Å². The van der Waals surface area contributed by atoms with E-state index < -0.39 is 11.2 Å². The summed E-state index contributed by atoms with van der Waals surface area (Å²) >= 11 is 0. The molecule has 0 spiro atoms. The second-order valence-electron chi connectivity index (χ2n) is 3.50. The van der Waals surface area contributed by atoms with Crippen LogP contribution in [0.2, 0.25) is 0 Å². The zero-order valence-corrected chi connectivity index (χ0v) is 8.31. The monoisotopic (exact) mass is 170 g/mol. The molecule has 0 heterocycles. The molecular formula is C10H18O2. The van der Waals surface area contributed by atoms with Gasteiger partial charge in [-0.15, -0.1) is 0 Å². The number of aliphatic hydroxyl groups is 2. The van der Waals surface area contributed by atoms with Crippen molar-refractivity contribution in [1.29, 1.82) is 0 Å². The van der Waals surface area contributed by atoms with Crippen molar-refractivity contribution in [2.75, 3.05) is 0 Å². The van der Waals surface area contributed by atoms with E-state index in [1.807, 2.05) is 13.8 Å². The van der Waals surface area contributed by atoms with Crippen LogP contribution in [0.4, 0.5) is 0 Å². The van der Waals surface area contributed by atoms with Gasteiger partial charge in [-0.2, -0.15) is 0 Å². The first-order chi connectivity index (χ1) is 5.33. The molecule has 2 atom stereocenters. The molecule has 0 aromatic rings. The van der Waals surface area contributed by atoms with E-state index in [2.05, 4.69) is 11.8 Å². The summed E-state index contributed by atoms with van der Waals surface area (Å²) in [7, 11) is 0. The third kappa shape index (κ3) is 4.38. The zero-order valence-electron chi connectivity index (χ0n) is 8.31. The summed E-state index contributed by atoms with van der Waals surface area (Å²) in [5.41, 5.74) is -1.95. The van der Waals surface area contributed by atoms with Gasteiger partial charge in [0, 0.05) is 0 Å². The molecule has 0 rings (SSSR count). The number of rotatable bonds is 2. The van der Waals surface area contributed by atoms with Crippen LogP contribution in [0.3, 0.4) is 0 Å². The zero-order chi connectivity index (χ0) is 9.83. The Hall–Kier alpha value is -0.520. The molecule has 0 saturated heterocycles. The van der Waals surface area contributed by atoms with Crippen LogP contribution in [0.5, 0.6) is 0 Å². The van der Waals surface area contributed by atoms with E-state index in [0.29, 0.717) is 12.8 Å². The summed E-state index contributed by atoms with van der Waals surface area (Å²) in [6.07, 6.45) is 1.14.